The molecule has 72 valence electrons. The first-order valence-electron chi connectivity index (χ1n) is 4.68. The van der Waals surface area contributed by atoms with Crippen LogP contribution in [0.25, 0.3) is 0 Å². The summed E-state index contributed by atoms with van der Waals surface area (Å²) < 4.78 is 0. The Hall–Kier alpha value is -1.02. The van der Waals surface area contributed by atoms with E-state index in [1.807, 2.05) is 13.0 Å². The Bertz CT molecular complexity index is 258. The highest BCUT2D eigenvalue weighted by atomic mass is 16.3. The minimum absolute atomic E-state index is 0.265. The molecule has 13 heavy (non-hydrogen) atoms. The van der Waals surface area contributed by atoms with E-state index in [4.69, 9.17) is 0 Å². The first-order valence-corrected chi connectivity index (χ1v) is 4.68. The van der Waals surface area contributed by atoms with Crippen molar-refractivity contribution in [2.24, 2.45) is 0 Å². The monoisotopic (exact) mass is 180 g/mol. The fourth-order valence-corrected chi connectivity index (χ4v) is 1.39. The van der Waals surface area contributed by atoms with Crippen LogP contribution < -0.4 is 0 Å². The van der Waals surface area contributed by atoms with E-state index in [-0.39, 0.29) is 11.9 Å². The summed E-state index contributed by atoms with van der Waals surface area (Å²) in [6.07, 6.45) is 2.14. The van der Waals surface area contributed by atoms with Crippen molar-refractivity contribution < 1.29 is 10.2 Å². The Labute approximate surface area is 78.8 Å². The van der Waals surface area contributed by atoms with Gasteiger partial charge in [0.15, 0.2) is 0 Å². The molecule has 2 heteroatoms. The smallest absolute Gasteiger partial charge is 0.115 e. The molecule has 2 nitrogen and oxygen atoms in total. The maximum absolute atomic E-state index is 9.51. The fourth-order valence-electron chi connectivity index (χ4n) is 1.39. The Balaban J connectivity index is 2.53. The van der Waals surface area contributed by atoms with Gasteiger partial charge in [0.05, 0.1) is 6.10 Å². The van der Waals surface area contributed by atoms with Crippen LogP contribution in [0.1, 0.15) is 25.3 Å². The minimum Gasteiger partial charge on any atom is -0.508 e. The molecule has 0 spiro atoms. The molecule has 1 aromatic rings. The molecule has 2 N–H and O–H groups in total. The lowest BCUT2D eigenvalue weighted by Crippen LogP contribution is -2.09. The number of phenolic OH excluding ortho intramolecular Hbond substituents is 1. The molecule has 0 bridgehead atoms. The van der Waals surface area contributed by atoms with E-state index in [1.54, 1.807) is 18.2 Å². The van der Waals surface area contributed by atoms with Crippen LogP contribution in [-0.2, 0) is 6.42 Å². The third-order valence-electron chi connectivity index (χ3n) is 2.00. The first-order chi connectivity index (χ1) is 6.22. The zero-order valence-electron chi connectivity index (χ0n) is 7.90. The molecular weight excluding hydrogens is 164 g/mol. The maximum atomic E-state index is 9.51. The van der Waals surface area contributed by atoms with Crippen LogP contribution in [-0.4, -0.2) is 16.3 Å². The van der Waals surface area contributed by atoms with Crippen LogP contribution in [0, 0.1) is 0 Å². The van der Waals surface area contributed by atoms with Gasteiger partial charge in [-0.3, -0.25) is 0 Å². The lowest BCUT2D eigenvalue weighted by Gasteiger charge is -2.08. The average Bonchev–Trinajstić information content (AvgIpc) is 2.04. The van der Waals surface area contributed by atoms with Crippen molar-refractivity contribution in [2.45, 2.75) is 32.3 Å². The molecule has 1 rings (SSSR count). The predicted octanol–water partition coefficient (Wildman–Crippen LogP) is 2.10. The zero-order chi connectivity index (χ0) is 9.68. The molecular formula is C11H16O2. The van der Waals surface area contributed by atoms with Crippen LogP contribution in [0.5, 0.6) is 5.75 Å². The Morgan fingerprint density at radius 3 is 2.77 bits per heavy atom. The number of aromatic hydroxyl groups is 1. The molecule has 0 aliphatic rings. The van der Waals surface area contributed by atoms with Gasteiger partial charge in [0.1, 0.15) is 5.75 Å². The third-order valence-corrected chi connectivity index (χ3v) is 2.00. The summed E-state index contributed by atoms with van der Waals surface area (Å²) in [4.78, 5) is 0. The molecule has 0 radical (unpaired) electrons. The van der Waals surface area contributed by atoms with Crippen molar-refractivity contribution in [3.63, 3.8) is 0 Å². The lowest BCUT2D eigenvalue weighted by atomic mass is 10.0. The van der Waals surface area contributed by atoms with E-state index < -0.39 is 0 Å². The van der Waals surface area contributed by atoms with Gasteiger partial charge >= 0.3 is 0 Å². The Kier molecular flexibility index (Phi) is 3.77. The summed E-state index contributed by atoms with van der Waals surface area (Å²) in [7, 11) is 0. The zero-order valence-corrected chi connectivity index (χ0v) is 7.90. The molecule has 0 aromatic heterocycles. The van der Waals surface area contributed by atoms with Crippen LogP contribution in [0.2, 0.25) is 0 Å². The van der Waals surface area contributed by atoms with Gasteiger partial charge in [-0.2, -0.15) is 0 Å². The van der Waals surface area contributed by atoms with Gasteiger partial charge in [-0.05, 0) is 30.5 Å². The van der Waals surface area contributed by atoms with E-state index in [9.17, 15) is 10.2 Å². The van der Waals surface area contributed by atoms with Gasteiger partial charge < -0.3 is 10.2 Å². The quantitative estimate of drug-likeness (QED) is 0.745. The van der Waals surface area contributed by atoms with Crippen LogP contribution in [0.4, 0.5) is 0 Å². The molecule has 0 aliphatic carbocycles. The van der Waals surface area contributed by atoms with Crippen molar-refractivity contribution in [3.05, 3.63) is 29.8 Å². The summed E-state index contributed by atoms with van der Waals surface area (Å²) >= 11 is 0. The highest BCUT2D eigenvalue weighted by molar-refractivity contribution is 5.27. The fraction of sp³-hybridized carbons (Fsp3) is 0.455. The van der Waals surface area contributed by atoms with Crippen molar-refractivity contribution >= 4 is 0 Å². The molecule has 0 saturated heterocycles. The van der Waals surface area contributed by atoms with Gasteiger partial charge in [0.25, 0.3) is 0 Å². The molecule has 1 aromatic carbocycles. The van der Waals surface area contributed by atoms with Crippen LogP contribution in [0.15, 0.2) is 24.3 Å². The number of hydrogen-bond donors (Lipinski definition) is 2. The summed E-state index contributed by atoms with van der Waals surface area (Å²) in [5.41, 5.74) is 0.987. The first kappa shape index (κ1) is 10.1. The SMILES string of the molecule is CCCC(O)Cc1cccc(O)c1. The Morgan fingerprint density at radius 2 is 2.15 bits per heavy atom. The normalized spacial score (nSPS) is 12.8. The number of phenols is 1. The molecule has 0 amide bonds. The standard InChI is InChI=1S/C11H16O2/c1-2-4-10(12)7-9-5-3-6-11(13)8-9/h3,5-6,8,10,12-13H,2,4,7H2,1H3. The number of hydrogen-bond acceptors (Lipinski definition) is 2. The van der Waals surface area contributed by atoms with Crippen LogP contribution in [0.3, 0.4) is 0 Å². The highest BCUT2D eigenvalue weighted by Gasteiger charge is 2.04. The van der Waals surface area contributed by atoms with E-state index in [1.165, 1.54) is 0 Å². The van der Waals surface area contributed by atoms with Gasteiger partial charge in [-0.25, -0.2) is 0 Å². The van der Waals surface area contributed by atoms with Crippen molar-refractivity contribution in [2.75, 3.05) is 0 Å². The largest absolute Gasteiger partial charge is 0.508 e. The highest BCUT2D eigenvalue weighted by Crippen LogP contribution is 2.13. The van der Waals surface area contributed by atoms with Crippen molar-refractivity contribution in [1.82, 2.24) is 0 Å². The van der Waals surface area contributed by atoms with Gasteiger partial charge in [0.2, 0.25) is 0 Å². The summed E-state index contributed by atoms with van der Waals surface area (Å²) in [5, 5.41) is 18.7. The second-order valence-corrected chi connectivity index (χ2v) is 3.32. The molecule has 0 saturated carbocycles. The maximum Gasteiger partial charge on any atom is 0.115 e. The molecule has 0 heterocycles. The molecule has 0 fully saturated rings. The van der Waals surface area contributed by atoms with Crippen molar-refractivity contribution in [1.29, 1.82) is 0 Å². The lowest BCUT2D eigenvalue weighted by molar-refractivity contribution is 0.164. The van der Waals surface area contributed by atoms with Gasteiger partial charge in [-0.1, -0.05) is 25.5 Å². The molecule has 1 atom stereocenters. The average molecular weight is 180 g/mol. The second kappa shape index (κ2) is 4.87. The number of aliphatic hydroxyl groups is 1. The predicted molar refractivity (Wildman–Crippen MR) is 52.7 cm³/mol. The number of rotatable bonds is 4. The summed E-state index contributed by atoms with van der Waals surface area (Å²) in [5.74, 6) is 0.265. The van der Waals surface area contributed by atoms with E-state index in [2.05, 4.69) is 0 Å². The number of aliphatic hydroxyl groups excluding tert-OH is 1. The molecule has 0 aliphatic heterocycles. The molecule has 1 unspecified atom stereocenters. The summed E-state index contributed by atoms with van der Waals surface area (Å²) in [6, 6.07) is 7.04. The van der Waals surface area contributed by atoms with Crippen LogP contribution >= 0.6 is 0 Å². The Morgan fingerprint density at radius 1 is 1.38 bits per heavy atom. The van der Waals surface area contributed by atoms with E-state index in [0.29, 0.717) is 6.42 Å². The van der Waals surface area contributed by atoms with Crippen molar-refractivity contribution in [3.8, 4) is 5.75 Å². The van der Waals surface area contributed by atoms with E-state index >= 15 is 0 Å². The minimum atomic E-state index is -0.285. The third kappa shape index (κ3) is 3.47. The summed E-state index contributed by atoms with van der Waals surface area (Å²) in [6.45, 7) is 2.05. The van der Waals surface area contributed by atoms with E-state index in [0.717, 1.165) is 18.4 Å². The second-order valence-electron chi connectivity index (χ2n) is 3.32. The number of benzene rings is 1. The van der Waals surface area contributed by atoms with Gasteiger partial charge in [-0.15, -0.1) is 0 Å². The topological polar surface area (TPSA) is 40.5 Å². The van der Waals surface area contributed by atoms with Gasteiger partial charge in [0, 0.05) is 0 Å².